The molecule has 3 aromatic carbocycles. The number of hydrogen-bond acceptors (Lipinski definition) is 5. The van der Waals surface area contributed by atoms with Crippen molar-refractivity contribution in [1.29, 1.82) is 0 Å². The fraction of sp³-hybridized carbons (Fsp3) is 0.353. The van der Waals surface area contributed by atoms with E-state index in [-0.39, 0.29) is 17.2 Å². The standard InChI is InChI=1S/C34H37F3N6O2S/c1-22(2)29-23(3)7-6-8-28(29)42-17-18-46-32(42)40-31(44)38-20-33(4,5)19-24-9-11-25(12-10-24)30-39-21-43(41-30)26-13-15-27(16-14-26)45-34(35,36)37/h6-16,21-22H,17-20H2,1-5H3,(H,38,44)/b40-32+. The van der Waals surface area contributed by atoms with Gasteiger partial charge >= 0.3 is 12.4 Å². The van der Waals surface area contributed by atoms with Gasteiger partial charge in [-0.1, -0.05) is 75.9 Å². The third kappa shape index (κ3) is 8.28. The largest absolute Gasteiger partial charge is 0.573 e. The summed E-state index contributed by atoms with van der Waals surface area (Å²) in [6, 6.07) is 19.2. The molecule has 0 bridgehead atoms. The third-order valence-electron chi connectivity index (χ3n) is 7.58. The number of amidine groups is 1. The number of alkyl halides is 3. The molecule has 1 fully saturated rings. The fourth-order valence-corrected chi connectivity index (χ4v) is 6.47. The summed E-state index contributed by atoms with van der Waals surface area (Å²) in [6.45, 7) is 12.0. The first kappa shape index (κ1) is 33.1. The van der Waals surface area contributed by atoms with E-state index in [4.69, 9.17) is 0 Å². The lowest BCUT2D eigenvalue weighted by atomic mass is 9.85. The van der Waals surface area contributed by atoms with Crippen LogP contribution >= 0.6 is 11.8 Å². The number of ether oxygens (including phenoxy) is 1. The zero-order valence-corrected chi connectivity index (χ0v) is 27.2. The van der Waals surface area contributed by atoms with E-state index in [2.05, 4.69) is 82.8 Å². The predicted molar refractivity (Wildman–Crippen MR) is 177 cm³/mol. The molecule has 0 unspecified atom stereocenters. The van der Waals surface area contributed by atoms with Gasteiger partial charge in [0.25, 0.3) is 0 Å². The van der Waals surface area contributed by atoms with Gasteiger partial charge < -0.3 is 15.0 Å². The number of hydrogen-bond donors (Lipinski definition) is 1. The number of halogens is 3. The van der Waals surface area contributed by atoms with Gasteiger partial charge in [0, 0.05) is 30.1 Å². The summed E-state index contributed by atoms with van der Waals surface area (Å²) in [5.74, 6) is 1.41. The van der Waals surface area contributed by atoms with Crippen molar-refractivity contribution < 1.29 is 22.7 Å². The number of thioether (sulfide) groups is 1. The molecule has 0 radical (unpaired) electrons. The molecule has 4 aromatic rings. The predicted octanol–water partition coefficient (Wildman–Crippen LogP) is 8.15. The number of nitrogens with one attached hydrogen (secondary N) is 1. The minimum Gasteiger partial charge on any atom is -0.406 e. The molecule has 12 heteroatoms. The number of urea groups is 1. The first-order valence-corrected chi connectivity index (χ1v) is 16.0. The number of aliphatic imine (C=N–C) groups is 1. The van der Waals surface area contributed by atoms with Crippen molar-refractivity contribution in [2.75, 3.05) is 23.7 Å². The number of anilines is 1. The minimum atomic E-state index is -4.75. The van der Waals surface area contributed by atoms with Crippen molar-refractivity contribution in [2.45, 2.75) is 53.3 Å². The van der Waals surface area contributed by atoms with Gasteiger partial charge in [-0.2, -0.15) is 4.99 Å². The lowest BCUT2D eigenvalue weighted by Crippen LogP contribution is -2.35. The van der Waals surface area contributed by atoms with Gasteiger partial charge in [0.05, 0.1) is 5.69 Å². The second-order valence-corrected chi connectivity index (χ2v) is 13.4. The van der Waals surface area contributed by atoms with Crippen molar-refractivity contribution in [3.05, 3.63) is 89.7 Å². The number of aromatic nitrogens is 3. The molecule has 0 atom stereocenters. The molecule has 46 heavy (non-hydrogen) atoms. The highest BCUT2D eigenvalue weighted by Gasteiger charge is 2.31. The molecule has 1 saturated heterocycles. The van der Waals surface area contributed by atoms with Crippen LogP contribution < -0.4 is 15.0 Å². The van der Waals surface area contributed by atoms with Crippen LogP contribution in [0.25, 0.3) is 17.1 Å². The van der Waals surface area contributed by atoms with Crippen LogP contribution in [0.2, 0.25) is 0 Å². The zero-order valence-electron chi connectivity index (χ0n) is 26.4. The van der Waals surface area contributed by atoms with E-state index in [1.165, 1.54) is 46.4 Å². The highest BCUT2D eigenvalue weighted by Crippen LogP contribution is 2.35. The molecule has 1 aromatic heterocycles. The molecule has 0 aliphatic carbocycles. The third-order valence-corrected chi connectivity index (χ3v) is 8.54. The topological polar surface area (TPSA) is 84.6 Å². The minimum absolute atomic E-state index is 0.233. The maximum Gasteiger partial charge on any atom is 0.573 e. The number of aryl methyl sites for hydroxylation is 1. The number of carbonyl (C=O) groups is 1. The molecular formula is C34H37F3N6O2S. The number of benzene rings is 3. The van der Waals surface area contributed by atoms with E-state index < -0.39 is 6.36 Å². The molecule has 1 aliphatic heterocycles. The molecule has 1 aliphatic rings. The first-order chi connectivity index (χ1) is 21.8. The van der Waals surface area contributed by atoms with Crippen LogP contribution in [-0.4, -0.2) is 51.2 Å². The molecule has 5 rings (SSSR count). The van der Waals surface area contributed by atoms with Crippen LogP contribution in [0.4, 0.5) is 23.7 Å². The molecular weight excluding hydrogens is 613 g/mol. The Morgan fingerprint density at radius 2 is 1.78 bits per heavy atom. The molecule has 8 nitrogen and oxygen atoms in total. The van der Waals surface area contributed by atoms with Gasteiger partial charge in [0.1, 0.15) is 12.1 Å². The highest BCUT2D eigenvalue weighted by atomic mass is 32.2. The van der Waals surface area contributed by atoms with Gasteiger partial charge in [0.15, 0.2) is 11.0 Å². The Balaban J connectivity index is 1.18. The van der Waals surface area contributed by atoms with Crippen LogP contribution in [-0.2, 0) is 6.42 Å². The summed E-state index contributed by atoms with van der Waals surface area (Å²) in [6.07, 6.45) is -2.52. The second kappa shape index (κ2) is 13.6. The Hall–Kier alpha value is -4.32. The van der Waals surface area contributed by atoms with E-state index in [1.807, 2.05) is 24.3 Å². The van der Waals surface area contributed by atoms with Gasteiger partial charge in [-0.25, -0.2) is 14.5 Å². The Labute approximate surface area is 271 Å². The Morgan fingerprint density at radius 1 is 1.07 bits per heavy atom. The van der Waals surface area contributed by atoms with Gasteiger partial charge in [-0.05, 0) is 71.7 Å². The molecule has 0 spiro atoms. The van der Waals surface area contributed by atoms with Crippen LogP contribution in [0, 0.1) is 12.3 Å². The van der Waals surface area contributed by atoms with Crippen LogP contribution in [0.3, 0.4) is 0 Å². The monoisotopic (exact) mass is 650 g/mol. The average Bonchev–Trinajstić information content (AvgIpc) is 3.66. The van der Waals surface area contributed by atoms with Gasteiger partial charge in [-0.15, -0.1) is 18.3 Å². The van der Waals surface area contributed by atoms with E-state index in [0.29, 0.717) is 24.0 Å². The Kier molecular flexibility index (Phi) is 9.76. The van der Waals surface area contributed by atoms with Crippen LogP contribution in [0.5, 0.6) is 5.75 Å². The quantitative estimate of drug-likeness (QED) is 0.197. The zero-order chi connectivity index (χ0) is 33.1. The first-order valence-electron chi connectivity index (χ1n) is 15.0. The molecule has 1 N–H and O–H groups in total. The Morgan fingerprint density at radius 3 is 2.46 bits per heavy atom. The summed E-state index contributed by atoms with van der Waals surface area (Å²) in [4.78, 5) is 23.9. The Bertz CT molecular complexity index is 1700. The SMILES string of the molecule is Cc1cccc(N2CCS/C2=N/C(=O)NCC(C)(C)Cc2ccc(-c3ncn(-c4ccc(OC(F)(F)F)cc4)n3)cc2)c1C(C)C. The molecule has 2 heterocycles. The van der Waals surface area contributed by atoms with E-state index in [9.17, 15) is 18.0 Å². The maximum absolute atomic E-state index is 12.9. The van der Waals surface area contributed by atoms with Crippen molar-refractivity contribution in [3.63, 3.8) is 0 Å². The van der Waals surface area contributed by atoms with E-state index in [0.717, 1.165) is 40.7 Å². The average molecular weight is 651 g/mol. The van der Waals surface area contributed by atoms with Crippen molar-refractivity contribution in [2.24, 2.45) is 10.4 Å². The van der Waals surface area contributed by atoms with Crippen LogP contribution in [0.1, 0.15) is 50.3 Å². The summed E-state index contributed by atoms with van der Waals surface area (Å²) >= 11 is 1.60. The van der Waals surface area contributed by atoms with Crippen LogP contribution in [0.15, 0.2) is 78.0 Å². The normalized spacial score (nSPS) is 14.7. The summed E-state index contributed by atoms with van der Waals surface area (Å²) in [5, 5.41) is 8.20. The van der Waals surface area contributed by atoms with Crippen molar-refractivity contribution in [3.8, 4) is 22.8 Å². The van der Waals surface area contributed by atoms with E-state index >= 15 is 0 Å². The van der Waals surface area contributed by atoms with Crippen molar-refractivity contribution in [1.82, 2.24) is 20.1 Å². The summed E-state index contributed by atoms with van der Waals surface area (Å²) in [7, 11) is 0. The number of carbonyl (C=O) groups excluding carboxylic acids is 1. The van der Waals surface area contributed by atoms with Gasteiger partial charge in [-0.3, -0.25) is 0 Å². The maximum atomic E-state index is 12.9. The van der Waals surface area contributed by atoms with E-state index in [1.54, 1.807) is 11.8 Å². The molecule has 0 saturated carbocycles. The van der Waals surface area contributed by atoms with Gasteiger partial charge in [0.2, 0.25) is 0 Å². The summed E-state index contributed by atoms with van der Waals surface area (Å²) in [5.41, 5.74) is 5.84. The fourth-order valence-electron chi connectivity index (χ4n) is 5.52. The lowest BCUT2D eigenvalue weighted by molar-refractivity contribution is -0.274. The number of rotatable bonds is 9. The van der Waals surface area contributed by atoms with Crippen molar-refractivity contribution >= 4 is 28.6 Å². The highest BCUT2D eigenvalue weighted by molar-refractivity contribution is 8.14. The number of amides is 2. The molecule has 242 valence electrons. The lowest BCUT2D eigenvalue weighted by Gasteiger charge is -2.26. The summed E-state index contributed by atoms with van der Waals surface area (Å²) < 4.78 is 42.7. The smallest absolute Gasteiger partial charge is 0.406 e. The molecule has 2 amide bonds. The number of nitrogens with zero attached hydrogens (tertiary/aromatic N) is 5. The second-order valence-electron chi connectivity index (χ2n) is 12.3.